The second-order valence-electron chi connectivity index (χ2n) is 16.5. The van der Waals surface area contributed by atoms with E-state index in [-0.39, 0.29) is 77.0 Å². The third-order valence-corrected chi connectivity index (χ3v) is 11.1. The van der Waals surface area contributed by atoms with Crippen LogP contribution in [0.1, 0.15) is 120 Å². The Balaban J connectivity index is 0.000000378. The summed E-state index contributed by atoms with van der Waals surface area (Å²) in [4.78, 5) is 70.2. The summed E-state index contributed by atoms with van der Waals surface area (Å²) in [5.74, 6) is -1.58. The van der Waals surface area contributed by atoms with Crippen LogP contribution in [-0.2, 0) is 57.0 Å². The highest BCUT2D eigenvalue weighted by Gasteiger charge is 2.23. The van der Waals surface area contributed by atoms with E-state index in [0.29, 0.717) is 88.3 Å². The minimum absolute atomic E-state index is 0. The highest BCUT2D eigenvalue weighted by atomic mass is 16.6. The largest absolute Gasteiger partial charge is 0.463 e. The van der Waals surface area contributed by atoms with Crippen LogP contribution in [0, 0.1) is 11.8 Å². The molecule has 2 aliphatic rings. The van der Waals surface area contributed by atoms with Crippen LogP contribution in [0.5, 0.6) is 0 Å². The third kappa shape index (κ3) is 28.1. The average Bonchev–Trinajstić information content (AvgIpc) is 3.44. The third-order valence-electron chi connectivity index (χ3n) is 11.1. The molecule has 0 spiro atoms. The minimum Gasteiger partial charge on any atom is -0.463 e. The minimum atomic E-state index is -0.429. The Morgan fingerprint density at radius 3 is 0.730 bits per heavy atom. The van der Waals surface area contributed by atoms with Gasteiger partial charge in [0.2, 0.25) is 0 Å². The van der Waals surface area contributed by atoms with E-state index >= 15 is 0 Å². The molecule has 0 unspecified atom stereocenters. The van der Waals surface area contributed by atoms with Crippen molar-refractivity contribution in [3.8, 4) is 0 Å². The average molecular weight is 1030 g/mol. The number of carbonyl (C=O) groups is 6. The lowest BCUT2D eigenvalue weighted by molar-refractivity contribution is -0.152. The molecule has 2 saturated carbocycles. The molecule has 406 valence electrons. The molecule has 0 saturated heterocycles. The number of hydrogen-bond acceptors (Lipinski definition) is 16. The molecule has 4 aromatic rings. The van der Waals surface area contributed by atoms with Crippen LogP contribution < -0.4 is 0 Å². The van der Waals surface area contributed by atoms with E-state index in [1.807, 2.05) is 24.3 Å². The van der Waals surface area contributed by atoms with E-state index in [0.717, 1.165) is 51.4 Å². The van der Waals surface area contributed by atoms with Gasteiger partial charge in [-0.25, -0.2) is 19.2 Å². The number of ether oxygens (including phenoxy) is 10. The molecule has 16 nitrogen and oxygen atoms in total. The Labute approximate surface area is 437 Å². The molecule has 74 heavy (non-hydrogen) atoms. The summed E-state index contributed by atoms with van der Waals surface area (Å²) in [5, 5.41) is 0. The second kappa shape index (κ2) is 41.0. The Morgan fingerprint density at radius 2 is 0.486 bits per heavy atom. The predicted molar refractivity (Wildman–Crippen MR) is 279 cm³/mol. The standard InChI is InChI=1S/C20H34O6.C20H22O6.C16H14O4.2CH4/c2*21-19(17-7-3-1-4-8-17)25-15-13-23-11-12-24-14-16-26-20(22)18-9-5-2-6-10-18;17-15(13-7-3-1-4-8-13)19-11-12-20-16(18)14-9-5-2-6-10-14;;/h17-18H,1-16H2;1-10H,11-16H2;1-10H,11-12H2;2*1H4. The van der Waals surface area contributed by atoms with Crippen molar-refractivity contribution in [3.63, 3.8) is 0 Å². The van der Waals surface area contributed by atoms with Crippen LogP contribution in [0.4, 0.5) is 0 Å². The van der Waals surface area contributed by atoms with Crippen LogP contribution in [-0.4, -0.2) is 128 Å². The van der Waals surface area contributed by atoms with Gasteiger partial charge in [-0.3, -0.25) is 9.59 Å². The van der Waals surface area contributed by atoms with Crippen LogP contribution in [0.2, 0.25) is 0 Å². The van der Waals surface area contributed by atoms with Crippen molar-refractivity contribution in [1.82, 2.24) is 0 Å². The molecule has 0 bridgehead atoms. The number of benzene rings is 4. The summed E-state index contributed by atoms with van der Waals surface area (Å²) in [6.45, 7) is 4.03. The summed E-state index contributed by atoms with van der Waals surface area (Å²) >= 11 is 0. The van der Waals surface area contributed by atoms with Gasteiger partial charge in [-0.1, -0.05) is 126 Å². The molecule has 0 aromatic heterocycles. The van der Waals surface area contributed by atoms with Gasteiger partial charge in [0, 0.05) is 0 Å². The van der Waals surface area contributed by atoms with Gasteiger partial charge in [-0.15, -0.1) is 0 Å². The number of esters is 6. The van der Waals surface area contributed by atoms with E-state index < -0.39 is 11.9 Å². The first kappa shape index (κ1) is 63.7. The Hall–Kier alpha value is -6.46. The zero-order valence-corrected chi connectivity index (χ0v) is 41.2. The molecule has 0 heterocycles. The zero-order valence-electron chi connectivity index (χ0n) is 41.2. The van der Waals surface area contributed by atoms with E-state index in [9.17, 15) is 28.8 Å². The van der Waals surface area contributed by atoms with Gasteiger partial charge in [-0.2, -0.15) is 0 Å². The van der Waals surface area contributed by atoms with Gasteiger partial charge in [0.1, 0.15) is 39.6 Å². The summed E-state index contributed by atoms with van der Waals surface area (Å²) in [5.41, 5.74) is 1.98. The summed E-state index contributed by atoms with van der Waals surface area (Å²) in [6.07, 6.45) is 10.8. The lowest BCUT2D eigenvalue weighted by Gasteiger charge is -2.20. The van der Waals surface area contributed by atoms with Crippen molar-refractivity contribution < 1.29 is 76.1 Å². The van der Waals surface area contributed by atoms with Gasteiger partial charge in [0.25, 0.3) is 0 Å². The maximum atomic E-state index is 11.8. The second-order valence-corrected chi connectivity index (χ2v) is 16.5. The summed E-state index contributed by atoms with van der Waals surface area (Å²) in [7, 11) is 0. The maximum absolute atomic E-state index is 11.8. The molecule has 0 N–H and O–H groups in total. The van der Waals surface area contributed by atoms with Gasteiger partial charge in [0.15, 0.2) is 0 Å². The van der Waals surface area contributed by atoms with E-state index in [1.54, 1.807) is 97.1 Å². The molecule has 16 heteroatoms. The first-order valence-electron chi connectivity index (χ1n) is 24.8. The van der Waals surface area contributed by atoms with Crippen molar-refractivity contribution in [2.24, 2.45) is 11.8 Å². The van der Waals surface area contributed by atoms with Gasteiger partial charge in [0.05, 0.1) is 86.9 Å². The normalized spacial score (nSPS) is 13.0. The molecule has 0 radical (unpaired) electrons. The fourth-order valence-corrected chi connectivity index (χ4v) is 7.24. The quantitative estimate of drug-likeness (QED) is 0.0311. The topological polar surface area (TPSA) is 195 Å². The zero-order chi connectivity index (χ0) is 51.1. The monoisotopic (exact) mass is 1030 g/mol. The summed E-state index contributed by atoms with van der Waals surface area (Å²) < 4.78 is 52.0. The molecule has 2 fully saturated rings. The van der Waals surface area contributed by atoms with Crippen molar-refractivity contribution in [2.45, 2.75) is 79.1 Å². The SMILES string of the molecule is C.C.O=C(OCCOC(=O)c1ccccc1)c1ccccc1.O=C(OCCOCCOCCOC(=O)C1CCCCC1)C1CCCCC1.O=C(OCCOCCOCCOC(=O)c1ccccc1)c1ccccc1. The lowest BCUT2D eigenvalue weighted by Crippen LogP contribution is -2.23. The lowest BCUT2D eigenvalue weighted by atomic mass is 9.89. The number of hydrogen-bond donors (Lipinski definition) is 0. The molecule has 0 aliphatic heterocycles. The molecule has 6 rings (SSSR count). The van der Waals surface area contributed by atoms with Crippen LogP contribution >= 0.6 is 0 Å². The molecule has 0 atom stereocenters. The predicted octanol–water partition coefficient (Wildman–Crippen LogP) is 9.97. The van der Waals surface area contributed by atoms with E-state index in [1.165, 1.54) is 12.8 Å². The molecular formula is C58H78O16. The number of rotatable bonds is 27. The first-order chi connectivity index (χ1) is 35.3. The fourth-order valence-electron chi connectivity index (χ4n) is 7.24. The maximum Gasteiger partial charge on any atom is 0.338 e. The highest BCUT2D eigenvalue weighted by molar-refractivity contribution is 5.91. The Bertz CT molecular complexity index is 1940. The molecule has 2 aliphatic carbocycles. The van der Waals surface area contributed by atoms with Crippen molar-refractivity contribution in [1.29, 1.82) is 0 Å². The van der Waals surface area contributed by atoms with Crippen molar-refractivity contribution >= 4 is 35.8 Å². The summed E-state index contributed by atoms with van der Waals surface area (Å²) in [6, 6.07) is 34.9. The molecular weight excluding hydrogens is 953 g/mol. The van der Waals surface area contributed by atoms with E-state index in [2.05, 4.69) is 0 Å². The van der Waals surface area contributed by atoms with Crippen molar-refractivity contribution in [2.75, 3.05) is 92.5 Å². The number of carbonyl (C=O) groups excluding carboxylic acids is 6. The molecule has 4 aromatic carbocycles. The van der Waals surface area contributed by atoms with Gasteiger partial charge in [-0.05, 0) is 74.2 Å². The van der Waals surface area contributed by atoms with Crippen LogP contribution in [0.25, 0.3) is 0 Å². The van der Waals surface area contributed by atoms with Gasteiger partial charge >= 0.3 is 35.8 Å². The molecule has 0 amide bonds. The van der Waals surface area contributed by atoms with Crippen LogP contribution in [0.15, 0.2) is 121 Å². The van der Waals surface area contributed by atoms with E-state index in [4.69, 9.17) is 47.4 Å². The Kier molecular flexibility index (Phi) is 35.2. The smallest absolute Gasteiger partial charge is 0.338 e. The van der Waals surface area contributed by atoms with Crippen molar-refractivity contribution in [3.05, 3.63) is 144 Å². The van der Waals surface area contributed by atoms with Gasteiger partial charge < -0.3 is 47.4 Å². The highest BCUT2D eigenvalue weighted by Crippen LogP contribution is 2.25. The van der Waals surface area contributed by atoms with Crippen LogP contribution in [0.3, 0.4) is 0 Å². The first-order valence-corrected chi connectivity index (χ1v) is 24.8. The fraction of sp³-hybridized carbons (Fsp3) is 0.483. The Morgan fingerprint density at radius 1 is 0.284 bits per heavy atom.